The van der Waals surface area contributed by atoms with E-state index in [4.69, 9.17) is 0 Å². The third-order valence-electron chi connectivity index (χ3n) is 4.12. The number of sulfone groups is 3. The zero-order valence-electron chi connectivity index (χ0n) is 18.4. The first-order valence-corrected chi connectivity index (χ1v) is 14.2. The highest BCUT2D eigenvalue weighted by Gasteiger charge is 2.63. The number of unbranched alkanes of at least 4 members (excludes halogenated alkanes) is 5. The van der Waals surface area contributed by atoms with Crippen LogP contribution in [0.3, 0.4) is 0 Å². The summed E-state index contributed by atoms with van der Waals surface area (Å²) in [5.41, 5.74) is -21.2. The van der Waals surface area contributed by atoms with Crippen molar-refractivity contribution in [3.8, 4) is 0 Å². The summed E-state index contributed by atoms with van der Waals surface area (Å²) in [5, 5.41) is 0. The second-order valence-corrected chi connectivity index (χ2v) is 13.4. The van der Waals surface area contributed by atoms with Gasteiger partial charge in [0.15, 0.2) is 41.9 Å². The molecule has 0 saturated heterocycles. The van der Waals surface area contributed by atoms with Gasteiger partial charge in [-0.05, 0) is 6.42 Å². The van der Waals surface area contributed by atoms with Crippen molar-refractivity contribution in [1.82, 2.24) is 0 Å². The molecule has 0 spiro atoms. The van der Waals surface area contributed by atoms with Crippen molar-refractivity contribution in [3.05, 3.63) is 34.5 Å². The first-order chi connectivity index (χ1) is 16.0. The summed E-state index contributed by atoms with van der Waals surface area (Å²) in [6.07, 6.45) is 12.5. The number of hydrogen-bond acceptors (Lipinski definition) is 6. The van der Waals surface area contributed by atoms with E-state index >= 15 is 0 Å². The Labute approximate surface area is 202 Å². The number of rotatable bonds is 10. The maximum atomic E-state index is 12.0. The molecule has 0 atom stereocenters. The topological polar surface area (TPSA) is 106 Å². The van der Waals surface area contributed by atoms with Crippen LogP contribution >= 0.6 is 0 Å². The largest absolute Gasteiger partial charge is 0.470 e. The van der Waals surface area contributed by atoms with Gasteiger partial charge in [-0.3, -0.25) is 25.3 Å². The van der Waals surface area contributed by atoms with Crippen LogP contribution in [-0.4, -0.2) is 41.8 Å². The number of alkyl halides is 9. The fraction of sp³-hybridized carbons (Fsp3) is 0.647. The molecule has 36 heavy (non-hydrogen) atoms. The Hall–Kier alpha value is -1.63. The highest BCUT2D eigenvalue weighted by Crippen LogP contribution is 2.47. The Kier molecular flexibility index (Phi) is 12.2. The Balaban J connectivity index is 0.000000748. The zero-order valence-corrected chi connectivity index (χ0v) is 20.8. The Morgan fingerprint density at radius 2 is 0.917 bits per heavy atom. The maximum Gasteiger partial charge on any atom is 0.470 e. The lowest BCUT2D eigenvalue weighted by Crippen LogP contribution is -2.47. The van der Waals surface area contributed by atoms with E-state index in [1.807, 2.05) is 0 Å². The Morgan fingerprint density at radius 3 is 1.25 bits per heavy atom. The maximum absolute atomic E-state index is 12.0. The van der Waals surface area contributed by atoms with Gasteiger partial charge in [-0.2, -0.15) is 39.5 Å². The van der Waals surface area contributed by atoms with Gasteiger partial charge < -0.3 is 0 Å². The normalized spacial score (nSPS) is 13.9. The average molecular weight is 604 g/mol. The average Bonchev–Trinajstić information content (AvgIpc) is 2.68. The third kappa shape index (κ3) is 9.04. The van der Waals surface area contributed by atoms with Gasteiger partial charge in [0.1, 0.15) is 6.54 Å². The fourth-order valence-corrected chi connectivity index (χ4v) is 8.11. The fourth-order valence-electron chi connectivity index (χ4n) is 2.37. The van der Waals surface area contributed by atoms with Crippen LogP contribution in [0.5, 0.6) is 0 Å². The van der Waals surface area contributed by atoms with E-state index in [2.05, 4.69) is 42.1 Å². The first-order valence-electron chi connectivity index (χ1n) is 9.80. The number of hydrogen-bond donors (Lipinski definition) is 0. The quantitative estimate of drug-likeness (QED) is 0.168. The van der Waals surface area contributed by atoms with Crippen LogP contribution < -0.4 is 4.57 Å². The number of halogens is 9. The molecule has 0 saturated carbocycles. The second kappa shape index (κ2) is 12.7. The van der Waals surface area contributed by atoms with Crippen molar-refractivity contribution in [1.29, 1.82) is 0 Å². The highest BCUT2D eigenvalue weighted by molar-refractivity contribution is 8.29. The summed E-state index contributed by atoms with van der Waals surface area (Å²) >= 11 is 0. The number of aryl methyl sites for hydroxylation is 1. The SMILES string of the molecule is CCCCCCCC[n+]1ccccc1.O=S(=O)([C-](S(=O)(=O)C(F)(F)F)S(=O)(=O)C(F)(F)F)C(F)(F)F. The minimum Gasteiger partial charge on any atom is -0.251 e. The molecular weight excluding hydrogens is 581 g/mol. The predicted octanol–water partition coefficient (Wildman–Crippen LogP) is 4.57. The molecule has 0 N–H and O–H groups in total. The molecule has 0 amide bonds. The smallest absolute Gasteiger partial charge is 0.251 e. The van der Waals surface area contributed by atoms with Gasteiger partial charge in [0.05, 0.1) is 3.91 Å². The summed E-state index contributed by atoms with van der Waals surface area (Å²) in [6.45, 7) is 3.44. The van der Waals surface area contributed by atoms with E-state index in [0.717, 1.165) is 0 Å². The molecular formula is C17H22F9NO6S3. The molecule has 1 rings (SSSR count). The Morgan fingerprint density at radius 1 is 0.583 bits per heavy atom. The summed E-state index contributed by atoms with van der Waals surface area (Å²) in [4.78, 5) is 0. The highest BCUT2D eigenvalue weighted by atomic mass is 32.3. The Bertz CT molecular complexity index is 1020. The van der Waals surface area contributed by atoms with Crippen LogP contribution in [-0.2, 0) is 36.1 Å². The van der Waals surface area contributed by atoms with Crippen molar-refractivity contribution >= 4 is 29.5 Å². The molecule has 1 heterocycles. The van der Waals surface area contributed by atoms with Gasteiger partial charge >= 0.3 is 16.5 Å². The van der Waals surface area contributed by atoms with Crippen molar-refractivity contribution in [3.63, 3.8) is 0 Å². The molecule has 0 fully saturated rings. The van der Waals surface area contributed by atoms with Crippen molar-refractivity contribution < 1.29 is 69.3 Å². The standard InChI is InChI=1S/C13H22N.C4F9O6S3/c1-2-3-4-5-6-8-11-14-12-9-7-10-13-14;5-2(6,7)20(14,15)1(21(16,17)3(8,9)10)22(18,19)4(11,12)13/h7,9-10,12-13H,2-6,8,11H2,1H3;/q+1;-1. The van der Waals surface area contributed by atoms with Crippen molar-refractivity contribution in [2.24, 2.45) is 0 Å². The lowest BCUT2D eigenvalue weighted by molar-refractivity contribution is -0.697. The summed E-state index contributed by atoms with van der Waals surface area (Å²) < 4.78 is 170. The van der Waals surface area contributed by atoms with Crippen LogP contribution in [0, 0.1) is 3.91 Å². The van der Waals surface area contributed by atoms with Gasteiger partial charge in [-0.25, -0.2) is 4.57 Å². The second-order valence-electron chi connectivity index (χ2n) is 6.98. The predicted molar refractivity (Wildman–Crippen MR) is 108 cm³/mol. The van der Waals surface area contributed by atoms with Gasteiger partial charge in [-0.15, -0.1) is 0 Å². The lowest BCUT2D eigenvalue weighted by atomic mass is 10.1. The summed E-state index contributed by atoms with van der Waals surface area (Å²) in [7, 11) is -24.1. The van der Waals surface area contributed by atoms with E-state index in [1.54, 1.807) is 0 Å². The van der Waals surface area contributed by atoms with Gasteiger partial charge in [0, 0.05) is 18.6 Å². The van der Waals surface area contributed by atoms with Gasteiger partial charge in [0.25, 0.3) is 0 Å². The molecule has 0 aliphatic heterocycles. The van der Waals surface area contributed by atoms with E-state index in [1.165, 1.54) is 45.1 Å². The first kappa shape index (κ1) is 34.4. The molecule has 0 bridgehead atoms. The van der Waals surface area contributed by atoms with E-state index in [9.17, 15) is 64.8 Å². The molecule has 0 radical (unpaired) electrons. The van der Waals surface area contributed by atoms with Crippen LogP contribution in [0.1, 0.15) is 45.4 Å². The van der Waals surface area contributed by atoms with Crippen LogP contribution in [0.15, 0.2) is 30.6 Å². The molecule has 1 aromatic heterocycles. The summed E-state index contributed by atoms with van der Waals surface area (Å²) in [6, 6.07) is 6.26. The van der Waals surface area contributed by atoms with Crippen LogP contribution in [0.2, 0.25) is 0 Å². The molecule has 0 aliphatic carbocycles. The minimum atomic E-state index is -8.02. The van der Waals surface area contributed by atoms with Crippen molar-refractivity contribution in [2.45, 2.75) is 68.5 Å². The molecule has 1 aromatic rings. The lowest BCUT2D eigenvalue weighted by Gasteiger charge is -2.31. The molecule has 19 heteroatoms. The molecule has 0 aliphatic rings. The molecule has 7 nitrogen and oxygen atoms in total. The van der Waals surface area contributed by atoms with Gasteiger partial charge in [-0.1, -0.05) is 38.7 Å². The van der Waals surface area contributed by atoms with E-state index in [-0.39, 0.29) is 0 Å². The monoisotopic (exact) mass is 603 g/mol. The number of pyridine rings is 1. The van der Waals surface area contributed by atoms with Crippen LogP contribution in [0.4, 0.5) is 39.5 Å². The summed E-state index contributed by atoms with van der Waals surface area (Å²) in [5.74, 6) is 0. The van der Waals surface area contributed by atoms with Crippen molar-refractivity contribution in [2.75, 3.05) is 0 Å². The number of nitrogens with zero attached hydrogens (tertiary/aromatic N) is 1. The van der Waals surface area contributed by atoms with Crippen LogP contribution in [0.25, 0.3) is 0 Å². The van der Waals surface area contributed by atoms with E-state index in [0.29, 0.717) is 0 Å². The zero-order chi connectivity index (χ0) is 28.6. The van der Waals surface area contributed by atoms with E-state index < -0.39 is 50.0 Å². The number of aromatic nitrogens is 1. The minimum absolute atomic E-state index is 1.17. The molecule has 0 aromatic carbocycles. The third-order valence-corrected chi connectivity index (χ3v) is 11.2. The molecule has 212 valence electrons. The van der Waals surface area contributed by atoms with Gasteiger partial charge in [0.2, 0.25) is 0 Å². The molecule has 0 unspecified atom stereocenters.